The van der Waals surface area contributed by atoms with Gasteiger partial charge in [-0.25, -0.2) is 0 Å². The predicted molar refractivity (Wildman–Crippen MR) is 50.3 cm³/mol. The molecule has 0 saturated carbocycles. The fraction of sp³-hybridized carbons (Fsp3) is 0.182. The van der Waals surface area contributed by atoms with Crippen LogP contribution in [0.4, 0.5) is 0 Å². The number of carbonyl (C=O) groups is 1. The average Bonchev–Trinajstić information content (AvgIpc) is 2.05. The quantitative estimate of drug-likeness (QED) is 0.491. The first-order chi connectivity index (χ1) is 5.75. The van der Waals surface area contributed by atoms with Crippen molar-refractivity contribution in [2.75, 3.05) is 0 Å². The number of allylic oxidation sites excluding steroid dienone is 1. The summed E-state index contributed by atoms with van der Waals surface area (Å²) in [5.74, 6) is 0.142. The summed E-state index contributed by atoms with van der Waals surface area (Å²) >= 11 is 0. The molecule has 0 aliphatic rings. The summed E-state index contributed by atoms with van der Waals surface area (Å²) in [5, 5.41) is 0. The zero-order valence-corrected chi connectivity index (χ0v) is 7.21. The summed E-state index contributed by atoms with van der Waals surface area (Å²) in [6.07, 6.45) is 2.06. The van der Waals surface area contributed by atoms with E-state index in [-0.39, 0.29) is 5.78 Å². The van der Waals surface area contributed by atoms with Crippen LogP contribution in [0.5, 0.6) is 0 Å². The van der Waals surface area contributed by atoms with Crippen molar-refractivity contribution in [3.8, 4) is 0 Å². The second-order valence-electron chi connectivity index (χ2n) is 2.73. The van der Waals surface area contributed by atoms with Gasteiger partial charge in [-0.1, -0.05) is 30.3 Å². The number of hydrogen-bond acceptors (Lipinski definition) is 1. The molecule has 0 N–H and O–H groups in total. The monoisotopic (exact) mass is 160 g/mol. The van der Waals surface area contributed by atoms with Crippen molar-refractivity contribution < 1.29 is 4.79 Å². The SMILES string of the molecule is C=CCC(=O)c1ccccc1C. The Labute approximate surface area is 72.7 Å². The van der Waals surface area contributed by atoms with Gasteiger partial charge in [0.1, 0.15) is 0 Å². The van der Waals surface area contributed by atoms with Crippen LogP contribution < -0.4 is 0 Å². The number of hydrogen-bond donors (Lipinski definition) is 0. The van der Waals surface area contributed by atoms with E-state index in [2.05, 4.69) is 6.58 Å². The number of carbonyl (C=O) groups excluding carboxylic acids is 1. The third-order valence-corrected chi connectivity index (χ3v) is 1.78. The normalized spacial score (nSPS) is 9.42. The molecule has 0 heterocycles. The zero-order valence-electron chi connectivity index (χ0n) is 7.21. The van der Waals surface area contributed by atoms with Crippen molar-refractivity contribution >= 4 is 5.78 Å². The maximum absolute atomic E-state index is 11.4. The van der Waals surface area contributed by atoms with Crippen molar-refractivity contribution in [1.82, 2.24) is 0 Å². The Bertz CT molecular complexity index is 300. The smallest absolute Gasteiger partial charge is 0.166 e. The number of benzene rings is 1. The molecule has 1 nitrogen and oxygen atoms in total. The average molecular weight is 160 g/mol. The van der Waals surface area contributed by atoms with E-state index in [4.69, 9.17) is 0 Å². The molecule has 12 heavy (non-hydrogen) atoms. The van der Waals surface area contributed by atoms with E-state index in [1.54, 1.807) is 6.08 Å². The minimum atomic E-state index is 0.142. The summed E-state index contributed by atoms with van der Waals surface area (Å²) in [6.45, 7) is 5.48. The molecular formula is C11H12O. The topological polar surface area (TPSA) is 17.1 Å². The van der Waals surface area contributed by atoms with Crippen molar-refractivity contribution in [3.63, 3.8) is 0 Å². The first-order valence-electron chi connectivity index (χ1n) is 3.95. The molecular weight excluding hydrogens is 148 g/mol. The van der Waals surface area contributed by atoms with Crippen LogP contribution in [-0.2, 0) is 0 Å². The number of ketones is 1. The van der Waals surface area contributed by atoms with Gasteiger partial charge >= 0.3 is 0 Å². The van der Waals surface area contributed by atoms with Gasteiger partial charge in [0.05, 0.1) is 0 Å². The molecule has 0 bridgehead atoms. The van der Waals surface area contributed by atoms with Gasteiger partial charge < -0.3 is 0 Å². The molecule has 0 aliphatic heterocycles. The van der Waals surface area contributed by atoms with Crippen LogP contribution in [0.2, 0.25) is 0 Å². The second kappa shape index (κ2) is 3.86. The van der Waals surface area contributed by atoms with Crippen LogP contribution in [0.1, 0.15) is 22.3 Å². The van der Waals surface area contributed by atoms with E-state index in [1.807, 2.05) is 31.2 Å². The molecule has 1 heteroatoms. The molecule has 0 unspecified atom stereocenters. The van der Waals surface area contributed by atoms with E-state index in [0.717, 1.165) is 11.1 Å². The predicted octanol–water partition coefficient (Wildman–Crippen LogP) is 2.75. The lowest BCUT2D eigenvalue weighted by molar-refractivity contribution is 0.0995. The van der Waals surface area contributed by atoms with Crippen molar-refractivity contribution in [2.45, 2.75) is 13.3 Å². The van der Waals surface area contributed by atoms with Crippen molar-refractivity contribution in [3.05, 3.63) is 48.0 Å². The maximum Gasteiger partial charge on any atom is 0.166 e. The Balaban J connectivity index is 2.94. The number of Topliss-reactive ketones (excluding diaryl/α,β-unsaturated/α-hetero) is 1. The Kier molecular flexibility index (Phi) is 2.81. The van der Waals surface area contributed by atoms with Gasteiger partial charge in [0.15, 0.2) is 5.78 Å². The summed E-state index contributed by atoms with van der Waals surface area (Å²) in [6, 6.07) is 7.60. The van der Waals surface area contributed by atoms with Crippen LogP contribution in [0.25, 0.3) is 0 Å². The van der Waals surface area contributed by atoms with Crippen LogP contribution in [0.15, 0.2) is 36.9 Å². The molecule has 0 aliphatic carbocycles. The minimum Gasteiger partial charge on any atom is -0.294 e. The third kappa shape index (κ3) is 1.82. The van der Waals surface area contributed by atoms with Gasteiger partial charge in [0, 0.05) is 12.0 Å². The highest BCUT2D eigenvalue weighted by atomic mass is 16.1. The van der Waals surface area contributed by atoms with Gasteiger partial charge in [-0.15, -0.1) is 6.58 Å². The van der Waals surface area contributed by atoms with Gasteiger partial charge in [0.2, 0.25) is 0 Å². The molecule has 0 fully saturated rings. The Morgan fingerprint density at radius 3 is 2.75 bits per heavy atom. The summed E-state index contributed by atoms with van der Waals surface area (Å²) in [4.78, 5) is 11.4. The molecule has 1 rings (SSSR count). The fourth-order valence-corrected chi connectivity index (χ4v) is 1.13. The van der Waals surface area contributed by atoms with E-state index < -0.39 is 0 Å². The van der Waals surface area contributed by atoms with Crippen LogP contribution in [0, 0.1) is 6.92 Å². The van der Waals surface area contributed by atoms with E-state index in [9.17, 15) is 4.79 Å². The maximum atomic E-state index is 11.4. The highest BCUT2D eigenvalue weighted by Crippen LogP contribution is 2.09. The Hall–Kier alpha value is -1.37. The summed E-state index contributed by atoms with van der Waals surface area (Å²) < 4.78 is 0. The molecule has 0 atom stereocenters. The lowest BCUT2D eigenvalue weighted by Crippen LogP contribution is -1.99. The fourth-order valence-electron chi connectivity index (χ4n) is 1.13. The number of aryl methyl sites for hydroxylation is 1. The molecule has 0 radical (unpaired) electrons. The van der Waals surface area contributed by atoms with Crippen LogP contribution in [-0.4, -0.2) is 5.78 Å². The number of rotatable bonds is 3. The lowest BCUT2D eigenvalue weighted by atomic mass is 10.0. The first kappa shape index (κ1) is 8.72. The molecule has 0 amide bonds. The molecule has 0 spiro atoms. The lowest BCUT2D eigenvalue weighted by Gasteiger charge is -2.00. The highest BCUT2D eigenvalue weighted by molar-refractivity contribution is 5.98. The first-order valence-corrected chi connectivity index (χ1v) is 3.95. The summed E-state index contributed by atoms with van der Waals surface area (Å²) in [7, 11) is 0. The van der Waals surface area contributed by atoms with Gasteiger partial charge in [-0.05, 0) is 12.5 Å². The molecule has 62 valence electrons. The highest BCUT2D eigenvalue weighted by Gasteiger charge is 2.04. The largest absolute Gasteiger partial charge is 0.294 e. The minimum absolute atomic E-state index is 0.142. The second-order valence-corrected chi connectivity index (χ2v) is 2.73. The van der Waals surface area contributed by atoms with Crippen LogP contribution >= 0.6 is 0 Å². The van der Waals surface area contributed by atoms with Crippen molar-refractivity contribution in [1.29, 1.82) is 0 Å². The van der Waals surface area contributed by atoms with E-state index >= 15 is 0 Å². The van der Waals surface area contributed by atoms with Crippen molar-refractivity contribution in [2.24, 2.45) is 0 Å². The standard InChI is InChI=1S/C11H12O/c1-3-6-11(12)10-8-5-4-7-9(10)2/h3-5,7-8H,1,6H2,2H3. The van der Waals surface area contributed by atoms with Gasteiger partial charge in [-0.3, -0.25) is 4.79 Å². The molecule has 0 aromatic heterocycles. The van der Waals surface area contributed by atoms with E-state index in [1.165, 1.54) is 0 Å². The summed E-state index contributed by atoms with van der Waals surface area (Å²) in [5.41, 5.74) is 1.83. The van der Waals surface area contributed by atoms with E-state index in [0.29, 0.717) is 6.42 Å². The molecule has 1 aromatic carbocycles. The molecule has 1 aromatic rings. The van der Waals surface area contributed by atoms with Gasteiger partial charge in [0.25, 0.3) is 0 Å². The Morgan fingerprint density at radius 1 is 1.50 bits per heavy atom. The third-order valence-electron chi connectivity index (χ3n) is 1.78. The van der Waals surface area contributed by atoms with Crippen LogP contribution in [0.3, 0.4) is 0 Å². The zero-order chi connectivity index (χ0) is 8.97. The van der Waals surface area contributed by atoms with Gasteiger partial charge in [-0.2, -0.15) is 0 Å². The molecule has 0 saturated heterocycles. The Morgan fingerprint density at radius 2 is 2.17 bits per heavy atom.